The van der Waals surface area contributed by atoms with Crippen molar-refractivity contribution >= 4 is 21.6 Å². The summed E-state index contributed by atoms with van der Waals surface area (Å²) in [7, 11) is -0.674. The number of hydrogen-bond donors (Lipinski definition) is 2. The van der Waals surface area contributed by atoms with E-state index in [0.717, 1.165) is 11.4 Å². The lowest BCUT2D eigenvalue weighted by molar-refractivity contribution is 0.101. The molecule has 9 heteroatoms. The summed E-state index contributed by atoms with van der Waals surface area (Å²) in [5.41, 5.74) is 3.17. The first-order valence-electron chi connectivity index (χ1n) is 8.27. The Morgan fingerprint density at radius 2 is 1.81 bits per heavy atom. The van der Waals surface area contributed by atoms with Crippen molar-refractivity contribution < 1.29 is 13.2 Å². The molecule has 0 atom stereocenters. The number of amides is 1. The van der Waals surface area contributed by atoms with Gasteiger partial charge in [-0.15, -0.1) is 0 Å². The molecule has 2 aromatic heterocycles. The van der Waals surface area contributed by atoms with Crippen molar-refractivity contribution in [2.45, 2.75) is 18.7 Å². The van der Waals surface area contributed by atoms with E-state index in [4.69, 9.17) is 0 Å². The molecule has 8 nitrogen and oxygen atoms in total. The number of benzene rings is 1. The van der Waals surface area contributed by atoms with Crippen molar-refractivity contribution in [1.29, 1.82) is 0 Å². The lowest BCUT2D eigenvalue weighted by Gasteiger charge is -2.07. The van der Waals surface area contributed by atoms with E-state index in [9.17, 15) is 13.2 Å². The molecule has 0 fully saturated rings. The SMILES string of the molecule is CNS(=O)(=O)c1cc(C(=O)Nc2c(C)nn(-c3ccccc3)c2C)n(C)c1. The zero-order valence-corrected chi connectivity index (χ0v) is 16.3. The molecule has 3 aromatic rings. The standard InChI is InChI=1S/C18H21N5O3S/c1-12-17(13(2)23(21-12)14-8-6-5-7-9-14)20-18(24)16-10-15(11-22(16)4)27(25,26)19-3/h5-11,19H,1-4H3,(H,20,24). The summed E-state index contributed by atoms with van der Waals surface area (Å²) in [5.74, 6) is -0.408. The van der Waals surface area contributed by atoms with Crippen molar-refractivity contribution in [3.63, 3.8) is 0 Å². The molecule has 0 aliphatic rings. The van der Waals surface area contributed by atoms with Crippen LogP contribution < -0.4 is 10.0 Å². The molecule has 2 heterocycles. The highest BCUT2D eigenvalue weighted by Crippen LogP contribution is 2.24. The quantitative estimate of drug-likeness (QED) is 0.699. The van der Waals surface area contributed by atoms with Gasteiger partial charge in [-0.2, -0.15) is 5.10 Å². The first-order chi connectivity index (χ1) is 12.7. The minimum atomic E-state index is -3.62. The van der Waals surface area contributed by atoms with Crippen LogP contribution in [0.3, 0.4) is 0 Å². The molecule has 0 aliphatic heterocycles. The number of hydrogen-bond acceptors (Lipinski definition) is 4. The van der Waals surface area contributed by atoms with Crippen LogP contribution in [-0.4, -0.2) is 35.7 Å². The molecule has 0 aliphatic carbocycles. The van der Waals surface area contributed by atoms with E-state index in [0.29, 0.717) is 11.4 Å². The predicted octanol–water partition coefficient (Wildman–Crippen LogP) is 1.99. The maximum absolute atomic E-state index is 12.7. The molecule has 27 heavy (non-hydrogen) atoms. The topological polar surface area (TPSA) is 98.0 Å². The second kappa shape index (κ2) is 7.01. The van der Waals surface area contributed by atoms with Gasteiger partial charge in [-0.1, -0.05) is 18.2 Å². The molecule has 1 amide bonds. The number of aromatic nitrogens is 3. The number of aryl methyl sites for hydroxylation is 2. The Bertz CT molecular complexity index is 1100. The molecule has 2 N–H and O–H groups in total. The Morgan fingerprint density at radius 3 is 2.44 bits per heavy atom. The number of para-hydroxylation sites is 1. The van der Waals surface area contributed by atoms with Gasteiger partial charge < -0.3 is 9.88 Å². The summed E-state index contributed by atoms with van der Waals surface area (Å²) in [4.78, 5) is 12.8. The van der Waals surface area contributed by atoms with Crippen LogP contribution in [0.4, 0.5) is 5.69 Å². The largest absolute Gasteiger partial charge is 0.345 e. The number of sulfonamides is 1. The number of rotatable bonds is 5. The van der Waals surface area contributed by atoms with Gasteiger partial charge in [0.25, 0.3) is 5.91 Å². The fourth-order valence-electron chi connectivity index (χ4n) is 2.85. The van der Waals surface area contributed by atoms with Crippen molar-refractivity contribution in [2.24, 2.45) is 7.05 Å². The molecule has 0 unspecified atom stereocenters. The van der Waals surface area contributed by atoms with Gasteiger partial charge in [0.15, 0.2) is 0 Å². The number of carbonyl (C=O) groups is 1. The second-order valence-corrected chi connectivity index (χ2v) is 8.01. The molecule has 0 saturated heterocycles. The minimum Gasteiger partial charge on any atom is -0.345 e. The average Bonchev–Trinajstić information content (AvgIpc) is 3.18. The molecule has 0 saturated carbocycles. The van der Waals surface area contributed by atoms with Crippen molar-refractivity contribution in [1.82, 2.24) is 19.1 Å². The zero-order chi connectivity index (χ0) is 19.8. The Morgan fingerprint density at radius 1 is 1.15 bits per heavy atom. The van der Waals surface area contributed by atoms with Gasteiger partial charge in [0.2, 0.25) is 10.0 Å². The van der Waals surface area contributed by atoms with Gasteiger partial charge in [-0.05, 0) is 39.1 Å². The normalized spacial score (nSPS) is 11.6. The van der Waals surface area contributed by atoms with Crippen LogP contribution in [-0.2, 0) is 17.1 Å². The molecule has 1 aromatic carbocycles. The van der Waals surface area contributed by atoms with Crippen molar-refractivity contribution in [3.8, 4) is 5.69 Å². The van der Waals surface area contributed by atoms with Gasteiger partial charge in [0.1, 0.15) is 10.6 Å². The minimum absolute atomic E-state index is 0.0334. The van der Waals surface area contributed by atoms with Crippen LogP contribution in [0.2, 0.25) is 0 Å². The molecular formula is C18H21N5O3S. The Hall–Kier alpha value is -2.91. The van der Waals surface area contributed by atoms with Gasteiger partial charge >= 0.3 is 0 Å². The molecule has 3 rings (SSSR count). The fraction of sp³-hybridized carbons (Fsp3) is 0.222. The van der Waals surface area contributed by atoms with E-state index in [-0.39, 0.29) is 10.6 Å². The summed E-state index contributed by atoms with van der Waals surface area (Å²) in [6.07, 6.45) is 1.40. The van der Waals surface area contributed by atoms with Gasteiger partial charge in [0, 0.05) is 13.2 Å². The van der Waals surface area contributed by atoms with E-state index < -0.39 is 15.9 Å². The zero-order valence-electron chi connectivity index (χ0n) is 15.5. The summed E-state index contributed by atoms with van der Waals surface area (Å²) >= 11 is 0. The Kier molecular flexibility index (Phi) is 4.90. The lowest BCUT2D eigenvalue weighted by Crippen LogP contribution is -2.18. The van der Waals surface area contributed by atoms with Crippen LogP contribution >= 0.6 is 0 Å². The summed E-state index contributed by atoms with van der Waals surface area (Å²) in [6, 6.07) is 10.9. The van der Waals surface area contributed by atoms with Crippen LogP contribution in [0.1, 0.15) is 21.9 Å². The number of anilines is 1. The predicted molar refractivity (Wildman–Crippen MR) is 103 cm³/mol. The lowest BCUT2D eigenvalue weighted by atomic mass is 10.2. The third kappa shape index (κ3) is 3.51. The first-order valence-corrected chi connectivity index (χ1v) is 9.76. The highest BCUT2D eigenvalue weighted by Gasteiger charge is 2.21. The first kappa shape index (κ1) is 18.9. The highest BCUT2D eigenvalue weighted by molar-refractivity contribution is 7.89. The van der Waals surface area contributed by atoms with Gasteiger partial charge in [0.05, 0.1) is 22.8 Å². The molecule has 0 spiro atoms. The van der Waals surface area contributed by atoms with Crippen LogP contribution in [0.15, 0.2) is 47.5 Å². The third-order valence-corrected chi connectivity index (χ3v) is 5.70. The van der Waals surface area contributed by atoms with E-state index in [1.807, 2.05) is 44.2 Å². The summed E-state index contributed by atoms with van der Waals surface area (Å²) in [5, 5.41) is 7.35. The Labute approximate surface area is 157 Å². The average molecular weight is 387 g/mol. The number of carbonyl (C=O) groups excluding carboxylic acids is 1. The van der Waals surface area contributed by atoms with Crippen molar-refractivity contribution in [3.05, 3.63) is 59.7 Å². The molecule has 0 bridgehead atoms. The highest BCUT2D eigenvalue weighted by atomic mass is 32.2. The third-order valence-electron chi connectivity index (χ3n) is 4.32. The van der Waals surface area contributed by atoms with Crippen LogP contribution in [0.25, 0.3) is 5.69 Å². The van der Waals surface area contributed by atoms with Crippen LogP contribution in [0, 0.1) is 13.8 Å². The smallest absolute Gasteiger partial charge is 0.272 e. The maximum Gasteiger partial charge on any atom is 0.272 e. The van der Waals surface area contributed by atoms with E-state index in [1.54, 1.807) is 11.7 Å². The van der Waals surface area contributed by atoms with Crippen molar-refractivity contribution in [2.75, 3.05) is 12.4 Å². The maximum atomic E-state index is 12.7. The fourth-order valence-corrected chi connectivity index (χ4v) is 3.65. The van der Waals surface area contributed by atoms with E-state index >= 15 is 0 Å². The second-order valence-electron chi connectivity index (χ2n) is 6.13. The van der Waals surface area contributed by atoms with Gasteiger partial charge in [-0.25, -0.2) is 17.8 Å². The monoisotopic (exact) mass is 387 g/mol. The molecule has 0 radical (unpaired) electrons. The van der Waals surface area contributed by atoms with Gasteiger partial charge in [-0.3, -0.25) is 4.79 Å². The summed E-state index contributed by atoms with van der Waals surface area (Å²) < 4.78 is 29.4. The van der Waals surface area contributed by atoms with E-state index in [2.05, 4.69) is 15.1 Å². The molecular weight excluding hydrogens is 366 g/mol. The van der Waals surface area contributed by atoms with E-state index in [1.165, 1.54) is 23.9 Å². The van der Waals surface area contributed by atoms with Crippen LogP contribution in [0.5, 0.6) is 0 Å². The summed E-state index contributed by atoms with van der Waals surface area (Å²) in [6.45, 7) is 3.68. The Balaban J connectivity index is 1.93. The number of nitrogens with one attached hydrogen (secondary N) is 2. The number of nitrogens with zero attached hydrogens (tertiary/aromatic N) is 3. The molecule has 142 valence electrons.